The summed E-state index contributed by atoms with van der Waals surface area (Å²) in [6, 6.07) is 5.91. The van der Waals surface area contributed by atoms with Crippen molar-refractivity contribution in [2.45, 2.75) is 18.7 Å². The Bertz CT molecular complexity index is 508. The van der Waals surface area contributed by atoms with Gasteiger partial charge in [-0.25, -0.2) is 0 Å². The van der Waals surface area contributed by atoms with Crippen molar-refractivity contribution < 1.29 is 9.72 Å². The number of nitro benzene ring substituents is 1. The zero-order valence-corrected chi connectivity index (χ0v) is 9.77. The predicted octanol–water partition coefficient (Wildman–Crippen LogP) is 2.53. The van der Waals surface area contributed by atoms with Crippen LogP contribution in [-0.4, -0.2) is 10.7 Å². The maximum absolute atomic E-state index is 11.2. The number of nitrogens with zero attached hydrogens (tertiary/aromatic N) is 2. The smallest absolute Gasteiger partial charge is 0.269 e. The van der Waals surface area contributed by atoms with Crippen LogP contribution < -0.4 is 0 Å². The van der Waals surface area contributed by atoms with Crippen molar-refractivity contribution in [2.24, 2.45) is 0 Å². The van der Waals surface area contributed by atoms with Crippen LogP contribution in [0.2, 0.25) is 0 Å². The second-order valence-electron chi connectivity index (χ2n) is 3.45. The molecule has 0 heterocycles. The van der Waals surface area contributed by atoms with Gasteiger partial charge in [-0.3, -0.25) is 14.9 Å². The van der Waals surface area contributed by atoms with Crippen LogP contribution in [-0.2, 0) is 11.2 Å². The van der Waals surface area contributed by atoms with E-state index in [1.165, 1.54) is 25.1 Å². The summed E-state index contributed by atoms with van der Waals surface area (Å²) in [5.41, 5.74) is 0.719. The number of alkyl halides is 1. The quantitative estimate of drug-likeness (QED) is 0.468. The molecule has 6 heteroatoms. The van der Waals surface area contributed by atoms with E-state index in [0.29, 0.717) is 11.1 Å². The minimum atomic E-state index is -0.960. The molecule has 0 aliphatic carbocycles. The highest BCUT2D eigenvalue weighted by Crippen LogP contribution is 2.29. The number of carbonyl (C=O) groups is 1. The second-order valence-corrected chi connectivity index (χ2v) is 3.88. The molecule has 0 N–H and O–H groups in total. The first-order valence-electron chi connectivity index (χ1n) is 4.76. The molecule has 0 saturated carbocycles. The Balaban J connectivity index is 3.30. The Labute approximate surface area is 103 Å². The number of nitriles is 1. The molecule has 5 nitrogen and oxygen atoms in total. The molecular formula is C11H9ClN2O3. The minimum Gasteiger partial charge on any atom is -0.298 e. The number of carbonyl (C=O) groups excluding carboxylic acids is 1. The molecule has 0 saturated heterocycles. The van der Waals surface area contributed by atoms with Gasteiger partial charge in [-0.2, -0.15) is 5.26 Å². The molecule has 1 unspecified atom stereocenters. The lowest BCUT2D eigenvalue weighted by atomic mass is 9.99. The molecule has 0 bridgehead atoms. The van der Waals surface area contributed by atoms with Crippen LogP contribution in [0, 0.1) is 21.4 Å². The number of benzene rings is 1. The van der Waals surface area contributed by atoms with Gasteiger partial charge in [0.2, 0.25) is 0 Å². The molecule has 0 aliphatic heterocycles. The minimum absolute atomic E-state index is 0.0594. The summed E-state index contributed by atoms with van der Waals surface area (Å²) in [6.07, 6.45) is 0.0594. The van der Waals surface area contributed by atoms with Crippen LogP contribution in [0.4, 0.5) is 5.69 Å². The van der Waals surface area contributed by atoms with Crippen molar-refractivity contribution in [2.75, 3.05) is 0 Å². The molecule has 0 aromatic heterocycles. The van der Waals surface area contributed by atoms with Crippen molar-refractivity contribution in [1.82, 2.24) is 0 Å². The lowest BCUT2D eigenvalue weighted by Crippen LogP contribution is -2.06. The molecule has 1 atom stereocenters. The molecule has 0 fully saturated rings. The molecule has 88 valence electrons. The summed E-state index contributed by atoms with van der Waals surface area (Å²) in [7, 11) is 0. The first-order chi connectivity index (χ1) is 7.97. The average molecular weight is 253 g/mol. The third-order valence-corrected chi connectivity index (χ3v) is 2.78. The van der Waals surface area contributed by atoms with Crippen molar-refractivity contribution >= 4 is 23.1 Å². The molecule has 0 radical (unpaired) electrons. The monoisotopic (exact) mass is 252 g/mol. The highest BCUT2D eigenvalue weighted by atomic mass is 35.5. The van der Waals surface area contributed by atoms with Gasteiger partial charge in [0, 0.05) is 12.1 Å². The summed E-state index contributed by atoms with van der Waals surface area (Å²) in [6.45, 7) is 1.30. The largest absolute Gasteiger partial charge is 0.298 e. The highest BCUT2D eigenvalue weighted by Gasteiger charge is 2.20. The van der Waals surface area contributed by atoms with Crippen molar-refractivity contribution in [3.05, 3.63) is 39.4 Å². The Morgan fingerprint density at radius 3 is 2.76 bits per heavy atom. The van der Waals surface area contributed by atoms with Crippen LogP contribution in [0.25, 0.3) is 0 Å². The summed E-state index contributed by atoms with van der Waals surface area (Å²) >= 11 is 5.88. The van der Waals surface area contributed by atoms with E-state index in [9.17, 15) is 14.9 Å². The Morgan fingerprint density at radius 2 is 2.29 bits per heavy atom. The van der Waals surface area contributed by atoms with Crippen LogP contribution in [0.15, 0.2) is 18.2 Å². The number of non-ortho nitro benzene ring substituents is 1. The standard InChI is InChI=1S/C11H9ClN2O3/c1-7(15)11(12)10-6-9(14(16)17)3-2-8(10)4-5-13/h2-3,6,11H,4H2,1H3. The van der Waals surface area contributed by atoms with Crippen LogP contribution in [0.1, 0.15) is 23.4 Å². The maximum Gasteiger partial charge on any atom is 0.269 e. The SMILES string of the molecule is CC(=O)C(Cl)c1cc([N+](=O)[O-])ccc1CC#N. The summed E-state index contributed by atoms with van der Waals surface area (Å²) in [4.78, 5) is 21.3. The summed E-state index contributed by atoms with van der Waals surface area (Å²) in [5, 5.41) is 18.3. The van der Waals surface area contributed by atoms with E-state index in [-0.39, 0.29) is 17.9 Å². The van der Waals surface area contributed by atoms with Gasteiger partial charge < -0.3 is 0 Å². The van der Waals surface area contributed by atoms with E-state index in [1.54, 1.807) is 0 Å². The Morgan fingerprint density at radius 1 is 1.65 bits per heavy atom. The first-order valence-corrected chi connectivity index (χ1v) is 5.19. The normalized spacial score (nSPS) is 11.6. The molecule has 1 aromatic rings. The third-order valence-electron chi connectivity index (χ3n) is 2.24. The van der Waals surface area contributed by atoms with Crippen molar-refractivity contribution in [3.63, 3.8) is 0 Å². The fourth-order valence-electron chi connectivity index (χ4n) is 1.40. The van der Waals surface area contributed by atoms with Crippen LogP contribution >= 0.6 is 11.6 Å². The predicted molar refractivity (Wildman–Crippen MR) is 61.7 cm³/mol. The zero-order chi connectivity index (χ0) is 13.0. The van der Waals surface area contributed by atoms with Crippen LogP contribution in [0.3, 0.4) is 0 Å². The number of nitro groups is 1. The van der Waals surface area contributed by atoms with Gasteiger partial charge in [-0.1, -0.05) is 6.07 Å². The average Bonchev–Trinajstić information content (AvgIpc) is 2.28. The van der Waals surface area contributed by atoms with Gasteiger partial charge in [-0.05, 0) is 18.1 Å². The maximum atomic E-state index is 11.2. The summed E-state index contributed by atoms with van der Waals surface area (Å²) in [5.74, 6) is -0.314. The van der Waals surface area contributed by atoms with Gasteiger partial charge in [0.25, 0.3) is 5.69 Å². The third kappa shape index (κ3) is 3.02. The van der Waals surface area contributed by atoms with Gasteiger partial charge in [0.1, 0.15) is 5.38 Å². The van der Waals surface area contributed by atoms with Crippen LogP contribution in [0.5, 0.6) is 0 Å². The van der Waals surface area contributed by atoms with E-state index in [4.69, 9.17) is 16.9 Å². The van der Waals surface area contributed by atoms with Gasteiger partial charge >= 0.3 is 0 Å². The van der Waals surface area contributed by atoms with E-state index in [1.807, 2.05) is 6.07 Å². The number of rotatable bonds is 4. The summed E-state index contributed by atoms with van der Waals surface area (Å²) < 4.78 is 0. The van der Waals surface area contributed by atoms with Crippen molar-refractivity contribution in [3.8, 4) is 6.07 Å². The van der Waals surface area contributed by atoms with Gasteiger partial charge in [0.15, 0.2) is 5.78 Å². The lowest BCUT2D eigenvalue weighted by molar-refractivity contribution is -0.384. The number of Topliss-reactive ketones (excluding diaryl/α,β-unsaturated/α-hetero) is 1. The van der Waals surface area contributed by atoms with Gasteiger partial charge in [-0.15, -0.1) is 11.6 Å². The van der Waals surface area contributed by atoms with E-state index in [2.05, 4.69) is 0 Å². The number of halogens is 1. The molecule has 1 aromatic carbocycles. The van der Waals surface area contributed by atoms with Crippen molar-refractivity contribution in [1.29, 1.82) is 5.26 Å². The number of hydrogen-bond donors (Lipinski definition) is 0. The fraction of sp³-hybridized carbons (Fsp3) is 0.273. The molecule has 1 rings (SSSR count). The topological polar surface area (TPSA) is 84.0 Å². The Hall–Kier alpha value is -1.93. The molecule has 0 amide bonds. The molecule has 0 spiro atoms. The molecular weight excluding hydrogens is 244 g/mol. The number of ketones is 1. The van der Waals surface area contributed by atoms with Gasteiger partial charge in [0.05, 0.1) is 17.4 Å². The second kappa shape index (κ2) is 5.41. The van der Waals surface area contributed by atoms with E-state index in [0.717, 1.165) is 0 Å². The van der Waals surface area contributed by atoms with E-state index >= 15 is 0 Å². The zero-order valence-electron chi connectivity index (χ0n) is 9.01. The first kappa shape index (κ1) is 13.1. The number of hydrogen-bond acceptors (Lipinski definition) is 4. The molecule has 17 heavy (non-hydrogen) atoms. The molecule has 0 aliphatic rings. The van der Waals surface area contributed by atoms with E-state index < -0.39 is 10.3 Å². The Kier molecular flexibility index (Phi) is 4.18. The lowest BCUT2D eigenvalue weighted by Gasteiger charge is -2.10. The highest BCUT2D eigenvalue weighted by molar-refractivity contribution is 6.30. The fourth-order valence-corrected chi connectivity index (χ4v) is 1.60.